The molecule has 0 radical (unpaired) electrons. The topological polar surface area (TPSA) is 72.9 Å². The molecule has 0 unspecified atom stereocenters. The van der Waals surface area contributed by atoms with Crippen LogP contribution in [0, 0.1) is 5.82 Å². The average molecular weight is 465 g/mol. The van der Waals surface area contributed by atoms with Crippen molar-refractivity contribution < 1.29 is 45.8 Å². The van der Waals surface area contributed by atoms with Crippen molar-refractivity contribution in [3.05, 3.63) is 65.0 Å². The molecule has 3 aromatic carbocycles. The van der Waals surface area contributed by atoms with Crippen LogP contribution >= 0.6 is 0 Å². The van der Waals surface area contributed by atoms with E-state index in [4.69, 9.17) is 0 Å². The number of aldehydes is 1. The number of carbonyl (C=O) groups excluding carboxylic acids is 3. The standard InChI is InChI=1S/C22H12F5NO5/c23-14-9-11(6-5-10(14)7-8-29)28-19(30)15-16(20(28)31)18(33-22(26)27)13-4-2-1-3-12(13)17(15)32-21(24)25/h1-6,8-9,21-22H,7H2. The molecule has 4 rings (SSSR count). The van der Waals surface area contributed by atoms with Crippen LogP contribution in [0.3, 0.4) is 0 Å². The first-order chi connectivity index (χ1) is 15.7. The number of rotatable bonds is 7. The number of alkyl halides is 4. The number of benzene rings is 3. The fraction of sp³-hybridized carbons (Fsp3) is 0.136. The van der Waals surface area contributed by atoms with Gasteiger partial charge < -0.3 is 14.3 Å². The molecule has 0 fully saturated rings. The van der Waals surface area contributed by atoms with Crippen LogP contribution in [0.2, 0.25) is 0 Å². The summed E-state index contributed by atoms with van der Waals surface area (Å²) >= 11 is 0. The van der Waals surface area contributed by atoms with E-state index in [-0.39, 0.29) is 28.4 Å². The monoisotopic (exact) mass is 465 g/mol. The number of ether oxygens (including phenoxy) is 2. The largest absolute Gasteiger partial charge is 0.433 e. The van der Waals surface area contributed by atoms with E-state index in [2.05, 4.69) is 9.47 Å². The molecule has 170 valence electrons. The van der Waals surface area contributed by atoms with Crippen molar-refractivity contribution in [1.82, 2.24) is 0 Å². The van der Waals surface area contributed by atoms with Crippen LogP contribution in [-0.2, 0) is 11.2 Å². The molecule has 0 aliphatic carbocycles. The molecule has 0 atom stereocenters. The average Bonchev–Trinajstić information content (AvgIpc) is 3.02. The molecule has 2 amide bonds. The molecule has 0 saturated heterocycles. The van der Waals surface area contributed by atoms with Crippen LogP contribution in [0.5, 0.6) is 11.5 Å². The Bertz CT molecular complexity index is 1230. The van der Waals surface area contributed by atoms with Gasteiger partial charge in [-0.15, -0.1) is 0 Å². The SMILES string of the molecule is O=CCc1ccc(N2C(=O)c3c(c(OC(F)F)c4ccccc4c3OC(F)F)C2=O)cc1F. The number of hydrogen-bond acceptors (Lipinski definition) is 5. The molecule has 0 bridgehead atoms. The highest BCUT2D eigenvalue weighted by atomic mass is 19.3. The molecule has 0 spiro atoms. The van der Waals surface area contributed by atoms with Gasteiger partial charge >= 0.3 is 13.2 Å². The van der Waals surface area contributed by atoms with Crippen molar-refractivity contribution in [2.45, 2.75) is 19.6 Å². The zero-order chi connectivity index (χ0) is 23.9. The molecule has 1 heterocycles. The number of anilines is 1. The van der Waals surface area contributed by atoms with Gasteiger partial charge in [-0.3, -0.25) is 9.59 Å². The molecule has 0 saturated carbocycles. The van der Waals surface area contributed by atoms with Gasteiger partial charge in [0.1, 0.15) is 23.6 Å². The van der Waals surface area contributed by atoms with E-state index in [1.807, 2.05) is 0 Å². The predicted molar refractivity (Wildman–Crippen MR) is 105 cm³/mol. The Labute approximate surface area is 182 Å². The summed E-state index contributed by atoms with van der Waals surface area (Å²) in [7, 11) is 0. The molecule has 3 aromatic rings. The number of imide groups is 1. The van der Waals surface area contributed by atoms with Gasteiger partial charge in [0, 0.05) is 17.2 Å². The second kappa shape index (κ2) is 8.49. The number of halogens is 5. The number of hydrogen-bond donors (Lipinski definition) is 0. The van der Waals surface area contributed by atoms with Crippen molar-refractivity contribution in [3.63, 3.8) is 0 Å². The molecule has 6 nitrogen and oxygen atoms in total. The first-order valence-electron chi connectivity index (χ1n) is 9.33. The summed E-state index contributed by atoms with van der Waals surface area (Å²) in [5.74, 6) is -4.70. The molecule has 33 heavy (non-hydrogen) atoms. The summed E-state index contributed by atoms with van der Waals surface area (Å²) in [4.78, 5) is 37.4. The lowest BCUT2D eigenvalue weighted by molar-refractivity contribution is -0.107. The smallest absolute Gasteiger partial charge is 0.387 e. The number of carbonyl (C=O) groups is 3. The van der Waals surface area contributed by atoms with Crippen LogP contribution in [0.4, 0.5) is 27.6 Å². The van der Waals surface area contributed by atoms with Crippen LogP contribution in [0.1, 0.15) is 26.3 Å². The third-order valence-corrected chi connectivity index (χ3v) is 4.97. The Morgan fingerprint density at radius 2 is 1.36 bits per heavy atom. The fourth-order valence-electron chi connectivity index (χ4n) is 3.69. The zero-order valence-electron chi connectivity index (χ0n) is 16.4. The van der Waals surface area contributed by atoms with Crippen molar-refractivity contribution in [3.8, 4) is 11.5 Å². The summed E-state index contributed by atoms with van der Waals surface area (Å²) in [6.45, 7) is -6.81. The highest BCUT2D eigenvalue weighted by molar-refractivity contribution is 6.38. The van der Waals surface area contributed by atoms with Crippen molar-refractivity contribution >= 4 is 34.6 Å². The normalized spacial score (nSPS) is 13.2. The van der Waals surface area contributed by atoms with E-state index >= 15 is 0 Å². The minimum absolute atomic E-state index is 0.0143. The summed E-state index contributed by atoms with van der Waals surface area (Å²) in [5, 5.41) is -0.328. The molecular formula is C22H12F5NO5. The van der Waals surface area contributed by atoms with Gasteiger partial charge in [-0.25, -0.2) is 9.29 Å². The van der Waals surface area contributed by atoms with Gasteiger partial charge in [0.25, 0.3) is 11.8 Å². The van der Waals surface area contributed by atoms with Crippen molar-refractivity contribution in [1.29, 1.82) is 0 Å². The second-order valence-electron chi connectivity index (χ2n) is 6.80. The first-order valence-corrected chi connectivity index (χ1v) is 9.33. The fourth-order valence-corrected chi connectivity index (χ4v) is 3.69. The lowest BCUT2D eigenvalue weighted by atomic mass is 9.99. The minimum atomic E-state index is -3.41. The zero-order valence-corrected chi connectivity index (χ0v) is 16.4. The van der Waals surface area contributed by atoms with Crippen molar-refractivity contribution in [2.75, 3.05) is 4.90 Å². The van der Waals surface area contributed by atoms with Crippen molar-refractivity contribution in [2.24, 2.45) is 0 Å². The van der Waals surface area contributed by atoms with E-state index < -0.39 is 53.5 Å². The van der Waals surface area contributed by atoms with E-state index in [0.29, 0.717) is 11.2 Å². The second-order valence-corrected chi connectivity index (χ2v) is 6.80. The number of amides is 2. The van der Waals surface area contributed by atoms with Gasteiger partial charge in [-0.05, 0) is 17.7 Å². The maximum atomic E-state index is 14.3. The molecule has 11 heteroatoms. The molecule has 1 aliphatic rings. The Morgan fingerprint density at radius 3 is 1.79 bits per heavy atom. The van der Waals surface area contributed by atoms with Gasteiger partial charge in [0.2, 0.25) is 0 Å². The Balaban J connectivity index is 1.98. The molecule has 0 N–H and O–H groups in total. The van der Waals surface area contributed by atoms with E-state index in [1.165, 1.54) is 24.3 Å². The molecule has 1 aliphatic heterocycles. The van der Waals surface area contributed by atoms with E-state index in [1.54, 1.807) is 0 Å². The number of fused-ring (bicyclic) bond motifs is 2. The Hall–Kier alpha value is -4.02. The van der Waals surface area contributed by atoms with Crippen LogP contribution in [0.25, 0.3) is 10.8 Å². The Kier molecular flexibility index (Phi) is 5.71. The molecule has 0 aromatic heterocycles. The van der Waals surface area contributed by atoms with Gasteiger partial charge in [-0.2, -0.15) is 17.6 Å². The summed E-state index contributed by atoms with van der Waals surface area (Å²) in [5.41, 5.74) is -1.75. The van der Waals surface area contributed by atoms with Gasteiger partial charge in [-0.1, -0.05) is 30.3 Å². The predicted octanol–water partition coefficient (Wildman–Crippen LogP) is 4.72. The lowest BCUT2D eigenvalue weighted by Gasteiger charge is -2.16. The summed E-state index contributed by atoms with van der Waals surface area (Å²) in [6.07, 6.45) is 0.186. The van der Waals surface area contributed by atoms with E-state index in [9.17, 15) is 36.3 Å². The highest BCUT2D eigenvalue weighted by Gasteiger charge is 2.44. The van der Waals surface area contributed by atoms with Gasteiger partial charge in [0.15, 0.2) is 0 Å². The summed E-state index contributed by atoms with van der Waals surface area (Å²) in [6, 6.07) is 8.36. The van der Waals surface area contributed by atoms with Crippen LogP contribution in [0.15, 0.2) is 42.5 Å². The molecular weight excluding hydrogens is 453 g/mol. The quantitative estimate of drug-likeness (QED) is 0.287. The van der Waals surface area contributed by atoms with Crippen LogP contribution < -0.4 is 14.4 Å². The Morgan fingerprint density at radius 1 is 0.848 bits per heavy atom. The van der Waals surface area contributed by atoms with Gasteiger partial charge in [0.05, 0.1) is 16.8 Å². The van der Waals surface area contributed by atoms with Crippen LogP contribution in [-0.4, -0.2) is 31.3 Å². The minimum Gasteiger partial charge on any atom is -0.433 e. The lowest BCUT2D eigenvalue weighted by Crippen LogP contribution is -2.29. The van der Waals surface area contributed by atoms with E-state index in [0.717, 1.165) is 18.2 Å². The maximum Gasteiger partial charge on any atom is 0.387 e. The third-order valence-electron chi connectivity index (χ3n) is 4.97. The number of nitrogens with zero attached hydrogens (tertiary/aromatic N) is 1. The highest BCUT2D eigenvalue weighted by Crippen LogP contribution is 2.47. The first kappa shape index (κ1) is 22.2. The third kappa shape index (κ3) is 3.75. The maximum absolute atomic E-state index is 14.3. The summed E-state index contributed by atoms with van der Waals surface area (Å²) < 4.78 is 76.1.